The summed E-state index contributed by atoms with van der Waals surface area (Å²) in [5, 5.41) is 2.82. The van der Waals surface area contributed by atoms with Crippen molar-refractivity contribution in [3.63, 3.8) is 0 Å². The molecule has 1 aliphatic rings. The highest BCUT2D eigenvalue weighted by atomic mass is 19.4. The number of benzene rings is 1. The van der Waals surface area contributed by atoms with Crippen LogP contribution < -0.4 is 19.9 Å². The number of aromatic nitrogens is 3. The summed E-state index contributed by atoms with van der Waals surface area (Å²) in [6, 6.07) is 10.5. The van der Waals surface area contributed by atoms with E-state index in [1.165, 1.54) is 41.1 Å². The topological polar surface area (TPSA) is 75.0 Å². The van der Waals surface area contributed by atoms with E-state index >= 15 is 4.39 Å². The van der Waals surface area contributed by atoms with Gasteiger partial charge in [0.05, 0.1) is 23.3 Å². The highest BCUT2D eigenvalue weighted by molar-refractivity contribution is 5.94. The fourth-order valence-electron chi connectivity index (χ4n) is 5.29. The van der Waals surface area contributed by atoms with Crippen LogP contribution in [0.2, 0.25) is 0 Å². The molecule has 8 nitrogen and oxygen atoms in total. The first kappa shape index (κ1) is 30.1. The maximum Gasteiger partial charge on any atom is 0.422 e. The van der Waals surface area contributed by atoms with Gasteiger partial charge in [-0.3, -0.25) is 9.20 Å². The van der Waals surface area contributed by atoms with E-state index in [2.05, 4.69) is 20.2 Å². The highest BCUT2D eigenvalue weighted by Crippen LogP contribution is 2.28. The molecule has 0 aliphatic carbocycles. The van der Waals surface area contributed by atoms with E-state index < -0.39 is 30.3 Å². The molecule has 1 aromatic carbocycles. The van der Waals surface area contributed by atoms with Gasteiger partial charge in [-0.15, -0.1) is 0 Å². The minimum Gasteiger partial charge on any atom is -0.468 e. The van der Waals surface area contributed by atoms with Crippen LogP contribution in [0, 0.1) is 11.6 Å². The molecule has 1 fully saturated rings. The van der Waals surface area contributed by atoms with E-state index in [0.29, 0.717) is 54.3 Å². The summed E-state index contributed by atoms with van der Waals surface area (Å²) in [4.78, 5) is 25.5. The summed E-state index contributed by atoms with van der Waals surface area (Å²) in [6.45, 7) is 4.17. The second-order valence-corrected chi connectivity index (χ2v) is 10.3. The predicted octanol–water partition coefficient (Wildman–Crippen LogP) is 5.55. The van der Waals surface area contributed by atoms with E-state index in [9.17, 15) is 22.4 Å². The largest absolute Gasteiger partial charge is 0.468 e. The lowest BCUT2D eigenvalue weighted by Gasteiger charge is -2.43. The number of nitrogens with one attached hydrogen (secondary N) is 1. The Kier molecular flexibility index (Phi) is 8.69. The van der Waals surface area contributed by atoms with Crippen LogP contribution in [0.25, 0.3) is 5.65 Å². The van der Waals surface area contributed by atoms with Crippen LogP contribution >= 0.6 is 0 Å². The van der Waals surface area contributed by atoms with E-state index in [4.69, 9.17) is 4.74 Å². The van der Waals surface area contributed by atoms with Crippen LogP contribution in [-0.2, 0) is 13.0 Å². The van der Waals surface area contributed by atoms with Gasteiger partial charge in [0.15, 0.2) is 6.61 Å². The fraction of sp³-hybridized carbons (Fsp3) is 0.367. The molecule has 1 aliphatic heterocycles. The predicted molar refractivity (Wildman–Crippen MR) is 152 cm³/mol. The quantitative estimate of drug-likeness (QED) is 0.254. The molecule has 228 valence electrons. The van der Waals surface area contributed by atoms with Gasteiger partial charge in [-0.05, 0) is 42.7 Å². The smallest absolute Gasteiger partial charge is 0.422 e. The summed E-state index contributed by atoms with van der Waals surface area (Å²) < 4.78 is 72.5. The van der Waals surface area contributed by atoms with Gasteiger partial charge in [-0.2, -0.15) is 13.2 Å². The Morgan fingerprint density at radius 3 is 2.58 bits per heavy atom. The summed E-state index contributed by atoms with van der Waals surface area (Å²) in [6.07, 6.45) is -0.253. The van der Waals surface area contributed by atoms with Crippen LogP contribution in [0.5, 0.6) is 5.88 Å². The van der Waals surface area contributed by atoms with Crippen LogP contribution in [-0.4, -0.2) is 58.7 Å². The first-order valence-corrected chi connectivity index (χ1v) is 14.0. The zero-order valence-corrected chi connectivity index (χ0v) is 23.7. The van der Waals surface area contributed by atoms with E-state index in [1.807, 2.05) is 18.7 Å². The number of amides is 1. The SMILES string of the molecule is CCc1nc2cc(F)ccn2c1C(=O)NCc1ccc(N2CCN(c3ccc(OCC(F)(F)F)nc3)[C@@H](CC)C2)c(F)c1. The number of imidazole rings is 1. The van der Waals surface area contributed by atoms with Crippen molar-refractivity contribution >= 4 is 22.9 Å². The minimum absolute atomic E-state index is 0.0163. The van der Waals surface area contributed by atoms with Gasteiger partial charge in [0.2, 0.25) is 5.88 Å². The number of piperazine rings is 1. The second kappa shape index (κ2) is 12.4. The highest BCUT2D eigenvalue weighted by Gasteiger charge is 2.30. The van der Waals surface area contributed by atoms with Crippen molar-refractivity contribution in [1.82, 2.24) is 19.7 Å². The van der Waals surface area contributed by atoms with Gasteiger partial charge in [-0.1, -0.05) is 19.9 Å². The Bertz CT molecular complexity index is 1590. The van der Waals surface area contributed by atoms with E-state index in [0.717, 1.165) is 12.1 Å². The molecule has 1 amide bonds. The second-order valence-electron chi connectivity index (χ2n) is 10.3. The van der Waals surface area contributed by atoms with Crippen molar-refractivity contribution < 1.29 is 31.5 Å². The zero-order valence-electron chi connectivity index (χ0n) is 23.7. The van der Waals surface area contributed by atoms with Crippen LogP contribution in [0.15, 0.2) is 54.9 Å². The standard InChI is InChI=1S/C30H31F5N6O2/c1-3-21-17-39(11-12-40(21)22-6-8-27(36-16-22)43-18-30(33,34)35)25-7-5-19(13-23(25)32)15-37-29(42)28-24(4-2)38-26-14-20(31)9-10-41(26)28/h5-10,13-14,16,21H,3-4,11-12,15,17-18H2,1-2H3,(H,37,42)/t21-/m0/s1. The van der Waals surface area contributed by atoms with Gasteiger partial charge >= 0.3 is 6.18 Å². The van der Waals surface area contributed by atoms with Gasteiger partial charge in [0.1, 0.15) is 23.0 Å². The fourth-order valence-corrected chi connectivity index (χ4v) is 5.29. The Morgan fingerprint density at radius 2 is 1.91 bits per heavy atom. The number of anilines is 2. The van der Waals surface area contributed by atoms with Crippen molar-refractivity contribution in [3.05, 3.63) is 83.4 Å². The molecule has 0 unspecified atom stereocenters. The average Bonchev–Trinajstić information content (AvgIpc) is 3.36. The molecule has 0 spiro atoms. The third-order valence-corrected chi connectivity index (χ3v) is 7.41. The van der Waals surface area contributed by atoms with Crippen LogP contribution in [0.3, 0.4) is 0 Å². The van der Waals surface area contributed by atoms with Crippen molar-refractivity contribution in [2.24, 2.45) is 0 Å². The number of hydrogen-bond acceptors (Lipinski definition) is 6. The third-order valence-electron chi connectivity index (χ3n) is 7.41. The Hall–Kier alpha value is -4.42. The summed E-state index contributed by atoms with van der Waals surface area (Å²) >= 11 is 0. The Morgan fingerprint density at radius 1 is 1.09 bits per heavy atom. The normalized spacial score (nSPS) is 15.7. The third kappa shape index (κ3) is 6.81. The number of aryl methyl sites for hydroxylation is 1. The molecular formula is C30H31F5N6O2. The average molecular weight is 603 g/mol. The molecule has 4 aromatic rings. The first-order valence-electron chi connectivity index (χ1n) is 14.0. The van der Waals surface area contributed by atoms with Crippen molar-refractivity contribution in [2.75, 3.05) is 36.0 Å². The maximum absolute atomic E-state index is 15.3. The monoisotopic (exact) mass is 602 g/mol. The van der Waals surface area contributed by atoms with Gasteiger partial charge in [-0.25, -0.2) is 18.7 Å². The molecule has 0 radical (unpaired) electrons. The number of alkyl halides is 3. The number of ether oxygens (including phenoxy) is 1. The number of rotatable bonds is 9. The number of carbonyl (C=O) groups is 1. The molecule has 3 aromatic heterocycles. The number of halogens is 5. The van der Waals surface area contributed by atoms with Crippen LogP contribution in [0.4, 0.5) is 33.3 Å². The number of carbonyl (C=O) groups excluding carboxylic acids is 1. The lowest BCUT2D eigenvalue weighted by atomic mass is 10.1. The van der Waals surface area contributed by atoms with Crippen molar-refractivity contribution in [3.8, 4) is 5.88 Å². The van der Waals surface area contributed by atoms with Gasteiger partial charge in [0, 0.05) is 50.6 Å². The molecule has 13 heteroatoms. The Labute approximate surface area is 245 Å². The molecule has 43 heavy (non-hydrogen) atoms. The van der Waals surface area contributed by atoms with Crippen LogP contribution in [0.1, 0.15) is 42.0 Å². The van der Waals surface area contributed by atoms with E-state index in [1.54, 1.807) is 18.2 Å². The number of hydrogen-bond donors (Lipinski definition) is 1. The number of fused-ring (bicyclic) bond motifs is 1. The van der Waals surface area contributed by atoms with Gasteiger partial charge in [0.25, 0.3) is 5.91 Å². The molecule has 1 N–H and O–H groups in total. The lowest BCUT2D eigenvalue weighted by molar-refractivity contribution is -0.154. The molecule has 0 bridgehead atoms. The molecule has 5 rings (SSSR count). The van der Waals surface area contributed by atoms with E-state index in [-0.39, 0.29) is 18.5 Å². The zero-order chi connectivity index (χ0) is 30.7. The maximum atomic E-state index is 15.3. The lowest BCUT2D eigenvalue weighted by Crippen LogP contribution is -2.53. The first-order chi connectivity index (χ1) is 20.6. The molecular weight excluding hydrogens is 571 g/mol. The minimum atomic E-state index is -4.44. The summed E-state index contributed by atoms with van der Waals surface area (Å²) in [5.41, 5.74) is 2.97. The Balaban J connectivity index is 1.22. The summed E-state index contributed by atoms with van der Waals surface area (Å²) in [7, 11) is 0. The molecule has 1 saturated heterocycles. The summed E-state index contributed by atoms with van der Waals surface area (Å²) in [5.74, 6) is -1.36. The van der Waals surface area contributed by atoms with Crippen molar-refractivity contribution in [2.45, 2.75) is 45.5 Å². The number of pyridine rings is 2. The van der Waals surface area contributed by atoms with Gasteiger partial charge < -0.3 is 19.9 Å². The van der Waals surface area contributed by atoms with Crippen molar-refractivity contribution in [1.29, 1.82) is 0 Å². The molecule has 4 heterocycles. The molecule has 1 atom stereocenters. The molecule has 0 saturated carbocycles. The number of nitrogens with zero attached hydrogens (tertiary/aromatic N) is 5.